The smallest absolute Gasteiger partial charge is 0.261 e. The first-order chi connectivity index (χ1) is 9.65. The van der Waals surface area contributed by atoms with Crippen LogP contribution in [-0.4, -0.2) is 10.1 Å². The topological polar surface area (TPSA) is 64.9 Å². The molecule has 0 aliphatic heterocycles. The maximum atomic E-state index is 13.7. The summed E-state index contributed by atoms with van der Waals surface area (Å²) in [6.07, 6.45) is 0. The molecule has 0 spiro atoms. The molecule has 1 heterocycles. The average molecular weight is 290 g/mol. The quantitative estimate of drug-likeness (QED) is 0.729. The number of benzene rings is 2. The second kappa shape index (κ2) is 4.94. The molecule has 0 aliphatic rings. The van der Waals surface area contributed by atoms with Gasteiger partial charge in [-0.3, -0.25) is 0 Å². The van der Waals surface area contributed by atoms with Crippen LogP contribution < -0.4 is 5.73 Å². The lowest BCUT2D eigenvalue weighted by Crippen LogP contribution is -1.90. The Balaban J connectivity index is 2.07. The number of nitrogens with zero attached hydrogens (tertiary/aromatic N) is 2. The molecule has 2 N–H and O–H groups in total. The lowest BCUT2D eigenvalue weighted by Gasteiger charge is -1.99. The van der Waals surface area contributed by atoms with Crippen LogP contribution in [0.25, 0.3) is 22.8 Å². The summed E-state index contributed by atoms with van der Waals surface area (Å²) in [7, 11) is 0. The lowest BCUT2D eigenvalue weighted by molar-refractivity contribution is 0.429. The van der Waals surface area contributed by atoms with E-state index in [1.165, 1.54) is 18.2 Å². The van der Waals surface area contributed by atoms with Crippen LogP contribution in [0, 0.1) is 5.82 Å². The first-order valence-corrected chi connectivity index (χ1v) is 6.17. The number of aromatic nitrogens is 2. The van der Waals surface area contributed by atoms with E-state index in [1.807, 2.05) is 6.07 Å². The van der Waals surface area contributed by atoms with Crippen LogP contribution in [0.4, 0.5) is 10.1 Å². The third-order valence-corrected chi connectivity index (χ3v) is 3.02. The molecule has 0 radical (unpaired) electrons. The predicted molar refractivity (Wildman–Crippen MR) is 74.6 cm³/mol. The maximum Gasteiger partial charge on any atom is 0.261 e. The Bertz CT molecular complexity index is 773. The van der Waals surface area contributed by atoms with Crippen LogP contribution in [0.5, 0.6) is 0 Å². The van der Waals surface area contributed by atoms with E-state index in [0.717, 1.165) is 0 Å². The van der Waals surface area contributed by atoms with Crippen molar-refractivity contribution in [3.63, 3.8) is 0 Å². The van der Waals surface area contributed by atoms with Gasteiger partial charge in [0.05, 0.1) is 5.56 Å². The highest BCUT2D eigenvalue weighted by atomic mass is 35.5. The highest BCUT2D eigenvalue weighted by Gasteiger charge is 2.15. The summed E-state index contributed by atoms with van der Waals surface area (Å²) in [5.74, 6) is -0.119. The van der Waals surface area contributed by atoms with E-state index in [9.17, 15) is 4.39 Å². The third kappa shape index (κ3) is 2.23. The van der Waals surface area contributed by atoms with Gasteiger partial charge in [0, 0.05) is 16.3 Å². The molecule has 0 fully saturated rings. The molecule has 0 aliphatic carbocycles. The van der Waals surface area contributed by atoms with Crippen LogP contribution in [0.3, 0.4) is 0 Å². The average Bonchev–Trinajstić information content (AvgIpc) is 2.91. The van der Waals surface area contributed by atoms with Gasteiger partial charge in [0.1, 0.15) is 5.82 Å². The Kier molecular flexibility index (Phi) is 3.12. The molecule has 0 amide bonds. The summed E-state index contributed by atoms with van der Waals surface area (Å²) in [5.41, 5.74) is 7.15. The molecule has 3 rings (SSSR count). The molecule has 20 heavy (non-hydrogen) atoms. The monoisotopic (exact) mass is 289 g/mol. The molecule has 100 valence electrons. The zero-order valence-electron chi connectivity index (χ0n) is 10.2. The fourth-order valence-electron chi connectivity index (χ4n) is 1.80. The Morgan fingerprint density at radius 3 is 2.70 bits per heavy atom. The van der Waals surface area contributed by atoms with Gasteiger partial charge in [-0.15, -0.1) is 0 Å². The van der Waals surface area contributed by atoms with Crippen molar-refractivity contribution in [1.29, 1.82) is 0 Å². The van der Waals surface area contributed by atoms with Crippen molar-refractivity contribution in [3.05, 3.63) is 53.3 Å². The molecule has 3 aromatic rings. The summed E-state index contributed by atoms with van der Waals surface area (Å²) in [6, 6.07) is 11.2. The molecule has 0 atom stereocenters. The minimum atomic E-state index is -0.481. The van der Waals surface area contributed by atoms with Crippen molar-refractivity contribution in [1.82, 2.24) is 10.1 Å². The van der Waals surface area contributed by atoms with E-state index in [2.05, 4.69) is 10.1 Å². The summed E-state index contributed by atoms with van der Waals surface area (Å²) >= 11 is 5.84. The number of anilines is 1. The molecule has 6 heteroatoms. The van der Waals surface area contributed by atoms with Gasteiger partial charge >= 0.3 is 0 Å². The van der Waals surface area contributed by atoms with E-state index >= 15 is 0 Å². The number of halogens is 2. The normalized spacial score (nSPS) is 10.7. The van der Waals surface area contributed by atoms with Gasteiger partial charge < -0.3 is 10.3 Å². The molecular weight excluding hydrogens is 281 g/mol. The van der Waals surface area contributed by atoms with Crippen LogP contribution in [0.1, 0.15) is 0 Å². The van der Waals surface area contributed by atoms with E-state index in [4.69, 9.17) is 21.9 Å². The van der Waals surface area contributed by atoms with Gasteiger partial charge in [0.25, 0.3) is 5.89 Å². The summed E-state index contributed by atoms with van der Waals surface area (Å²) < 4.78 is 18.8. The zero-order chi connectivity index (χ0) is 14.1. The van der Waals surface area contributed by atoms with Crippen molar-refractivity contribution < 1.29 is 8.91 Å². The van der Waals surface area contributed by atoms with Gasteiger partial charge in [0.15, 0.2) is 0 Å². The van der Waals surface area contributed by atoms with Crippen molar-refractivity contribution in [2.75, 3.05) is 5.73 Å². The fraction of sp³-hybridized carbons (Fsp3) is 0. The Morgan fingerprint density at radius 2 is 1.90 bits per heavy atom. The fourth-order valence-corrected chi connectivity index (χ4v) is 1.98. The predicted octanol–water partition coefficient (Wildman–Crippen LogP) is 3.78. The van der Waals surface area contributed by atoms with E-state index < -0.39 is 5.82 Å². The van der Waals surface area contributed by atoms with Crippen molar-refractivity contribution in [2.45, 2.75) is 0 Å². The molecule has 0 saturated heterocycles. The number of nitrogens with two attached hydrogens (primary N) is 1. The first-order valence-electron chi connectivity index (χ1n) is 5.79. The third-order valence-electron chi connectivity index (χ3n) is 2.79. The Labute approximate surface area is 119 Å². The molecule has 0 unspecified atom stereocenters. The number of nitrogen functional groups attached to an aromatic ring is 1. The minimum Gasteiger partial charge on any atom is -0.398 e. The largest absolute Gasteiger partial charge is 0.398 e. The van der Waals surface area contributed by atoms with Crippen molar-refractivity contribution in [2.24, 2.45) is 0 Å². The van der Waals surface area contributed by atoms with Gasteiger partial charge in [-0.2, -0.15) is 4.98 Å². The molecule has 1 aromatic heterocycles. The molecule has 0 bridgehead atoms. The van der Waals surface area contributed by atoms with Crippen molar-refractivity contribution in [3.8, 4) is 22.8 Å². The highest BCUT2D eigenvalue weighted by Crippen LogP contribution is 2.28. The maximum absolute atomic E-state index is 13.7. The molecular formula is C14H9ClFN3O. The Morgan fingerprint density at radius 1 is 1.10 bits per heavy atom. The number of hydrogen-bond acceptors (Lipinski definition) is 4. The SMILES string of the molecule is Nc1ccccc1-c1noc(-c2cc(Cl)ccc2F)n1. The zero-order valence-corrected chi connectivity index (χ0v) is 10.9. The summed E-state index contributed by atoms with van der Waals surface area (Å²) in [4.78, 5) is 4.16. The summed E-state index contributed by atoms with van der Waals surface area (Å²) in [5, 5.41) is 4.21. The van der Waals surface area contributed by atoms with Gasteiger partial charge in [-0.25, -0.2) is 4.39 Å². The van der Waals surface area contributed by atoms with Crippen LogP contribution in [-0.2, 0) is 0 Å². The lowest BCUT2D eigenvalue weighted by atomic mass is 10.1. The second-order valence-electron chi connectivity index (χ2n) is 4.13. The van der Waals surface area contributed by atoms with Crippen molar-refractivity contribution >= 4 is 17.3 Å². The highest BCUT2D eigenvalue weighted by molar-refractivity contribution is 6.30. The Hall–Kier alpha value is -2.40. The number of rotatable bonds is 2. The van der Waals surface area contributed by atoms with Crippen LogP contribution in [0.2, 0.25) is 5.02 Å². The molecule has 2 aromatic carbocycles. The molecule has 0 saturated carbocycles. The van der Waals surface area contributed by atoms with E-state index in [0.29, 0.717) is 22.1 Å². The first kappa shape index (κ1) is 12.6. The van der Waals surface area contributed by atoms with E-state index in [-0.39, 0.29) is 11.5 Å². The van der Waals surface area contributed by atoms with Gasteiger partial charge in [-0.1, -0.05) is 28.9 Å². The van der Waals surface area contributed by atoms with E-state index in [1.54, 1.807) is 18.2 Å². The summed E-state index contributed by atoms with van der Waals surface area (Å²) in [6.45, 7) is 0. The number of hydrogen-bond donors (Lipinski definition) is 1. The van der Waals surface area contributed by atoms with Gasteiger partial charge in [-0.05, 0) is 30.3 Å². The standard InChI is InChI=1S/C14H9ClFN3O/c15-8-5-6-11(16)10(7-8)14-18-13(19-20-14)9-3-1-2-4-12(9)17/h1-7H,17H2. The van der Waals surface area contributed by atoms with Gasteiger partial charge in [0.2, 0.25) is 5.82 Å². The second-order valence-corrected chi connectivity index (χ2v) is 4.57. The van der Waals surface area contributed by atoms with Crippen LogP contribution >= 0.6 is 11.6 Å². The molecule has 4 nitrogen and oxygen atoms in total. The number of para-hydroxylation sites is 1. The van der Waals surface area contributed by atoms with Crippen LogP contribution in [0.15, 0.2) is 47.0 Å². The minimum absolute atomic E-state index is 0.0586.